The maximum atomic E-state index is 13.0. The number of carbonyl (C=O) groups excluding carboxylic acids is 2. The smallest absolute Gasteiger partial charge is 0.223 e. The molecule has 0 saturated carbocycles. The highest BCUT2D eigenvalue weighted by atomic mass is 19.1. The first-order chi connectivity index (χ1) is 11.6. The molecule has 0 unspecified atom stereocenters. The molecule has 1 aromatic carbocycles. The Balaban J connectivity index is 1.43. The molecule has 3 rings (SSSR count). The van der Waals surface area contributed by atoms with Crippen molar-refractivity contribution in [2.75, 3.05) is 44.2 Å². The summed E-state index contributed by atoms with van der Waals surface area (Å²) in [4.78, 5) is 30.1. The number of halogens is 1. The van der Waals surface area contributed by atoms with Crippen LogP contribution in [-0.2, 0) is 9.59 Å². The van der Waals surface area contributed by atoms with Gasteiger partial charge >= 0.3 is 0 Å². The molecule has 2 saturated heterocycles. The van der Waals surface area contributed by atoms with E-state index in [1.54, 1.807) is 12.1 Å². The van der Waals surface area contributed by atoms with Crippen LogP contribution in [0.15, 0.2) is 24.3 Å². The van der Waals surface area contributed by atoms with Crippen LogP contribution >= 0.6 is 0 Å². The Kier molecular flexibility index (Phi) is 5.33. The fraction of sp³-hybridized carbons (Fsp3) is 0.556. The van der Waals surface area contributed by atoms with Gasteiger partial charge in [-0.25, -0.2) is 4.39 Å². The van der Waals surface area contributed by atoms with Crippen LogP contribution in [0.25, 0.3) is 0 Å². The molecule has 2 fully saturated rings. The first kappa shape index (κ1) is 16.7. The van der Waals surface area contributed by atoms with Crippen molar-refractivity contribution in [3.05, 3.63) is 30.1 Å². The van der Waals surface area contributed by atoms with E-state index in [9.17, 15) is 14.0 Å². The van der Waals surface area contributed by atoms with Crippen molar-refractivity contribution in [1.29, 1.82) is 0 Å². The fourth-order valence-corrected chi connectivity index (χ4v) is 3.36. The molecular formula is C18H24FN3O2. The van der Waals surface area contributed by atoms with Crippen LogP contribution in [0.2, 0.25) is 0 Å². The van der Waals surface area contributed by atoms with Gasteiger partial charge in [0.2, 0.25) is 11.8 Å². The van der Waals surface area contributed by atoms with Crippen molar-refractivity contribution in [1.82, 2.24) is 9.80 Å². The van der Waals surface area contributed by atoms with Gasteiger partial charge in [-0.15, -0.1) is 0 Å². The Morgan fingerprint density at radius 2 is 1.29 bits per heavy atom. The van der Waals surface area contributed by atoms with Gasteiger partial charge in [0.25, 0.3) is 0 Å². The molecule has 0 atom stereocenters. The van der Waals surface area contributed by atoms with Gasteiger partial charge in [-0.3, -0.25) is 9.59 Å². The summed E-state index contributed by atoms with van der Waals surface area (Å²) < 4.78 is 13.0. The van der Waals surface area contributed by atoms with Gasteiger partial charge in [0.15, 0.2) is 0 Å². The van der Waals surface area contributed by atoms with E-state index < -0.39 is 0 Å². The van der Waals surface area contributed by atoms with E-state index in [1.807, 2.05) is 9.80 Å². The van der Waals surface area contributed by atoms with Crippen molar-refractivity contribution < 1.29 is 14.0 Å². The maximum absolute atomic E-state index is 13.0. The molecule has 2 amide bonds. The van der Waals surface area contributed by atoms with Gasteiger partial charge in [0.05, 0.1) is 0 Å². The van der Waals surface area contributed by atoms with Crippen LogP contribution in [0.1, 0.15) is 25.7 Å². The Bertz CT molecular complexity index is 576. The molecule has 0 bridgehead atoms. The molecule has 5 nitrogen and oxygen atoms in total. The normalized spacial score (nSPS) is 18.1. The van der Waals surface area contributed by atoms with E-state index in [-0.39, 0.29) is 17.6 Å². The quantitative estimate of drug-likeness (QED) is 0.845. The van der Waals surface area contributed by atoms with Crippen molar-refractivity contribution in [3.8, 4) is 0 Å². The average Bonchev–Trinajstić information content (AvgIpc) is 3.15. The first-order valence-corrected chi connectivity index (χ1v) is 8.69. The van der Waals surface area contributed by atoms with E-state index in [0.29, 0.717) is 25.9 Å². The summed E-state index contributed by atoms with van der Waals surface area (Å²) in [6.45, 7) is 4.43. The van der Waals surface area contributed by atoms with E-state index in [4.69, 9.17) is 0 Å². The predicted molar refractivity (Wildman–Crippen MR) is 90.2 cm³/mol. The fourth-order valence-electron chi connectivity index (χ4n) is 3.36. The third-order valence-corrected chi connectivity index (χ3v) is 4.84. The zero-order valence-corrected chi connectivity index (χ0v) is 13.9. The topological polar surface area (TPSA) is 43.9 Å². The predicted octanol–water partition coefficient (Wildman–Crippen LogP) is 1.88. The SMILES string of the molecule is O=C(CCC(=O)N1CCN(c2ccc(F)cc2)CC1)N1CCCC1. The second-order valence-electron chi connectivity index (χ2n) is 6.43. The monoisotopic (exact) mass is 333 g/mol. The lowest BCUT2D eigenvalue weighted by atomic mass is 10.2. The number of rotatable bonds is 4. The number of carbonyl (C=O) groups is 2. The highest BCUT2D eigenvalue weighted by molar-refractivity contribution is 5.84. The highest BCUT2D eigenvalue weighted by Gasteiger charge is 2.23. The van der Waals surface area contributed by atoms with Crippen molar-refractivity contribution >= 4 is 17.5 Å². The van der Waals surface area contributed by atoms with E-state index in [2.05, 4.69) is 4.90 Å². The number of likely N-dealkylation sites (tertiary alicyclic amines) is 1. The third-order valence-electron chi connectivity index (χ3n) is 4.84. The average molecular weight is 333 g/mol. The molecule has 1 aromatic rings. The Morgan fingerprint density at radius 1 is 0.792 bits per heavy atom. The Labute approximate surface area is 142 Å². The van der Waals surface area contributed by atoms with Crippen LogP contribution in [0, 0.1) is 5.82 Å². The highest BCUT2D eigenvalue weighted by Crippen LogP contribution is 2.17. The minimum Gasteiger partial charge on any atom is -0.368 e. The van der Waals surface area contributed by atoms with Gasteiger partial charge in [-0.2, -0.15) is 0 Å². The molecule has 6 heteroatoms. The molecule has 0 radical (unpaired) electrons. The molecule has 0 spiro atoms. The first-order valence-electron chi connectivity index (χ1n) is 8.69. The molecular weight excluding hydrogens is 309 g/mol. The number of benzene rings is 1. The summed E-state index contributed by atoms with van der Waals surface area (Å²) in [6.07, 6.45) is 2.76. The van der Waals surface area contributed by atoms with E-state index in [0.717, 1.165) is 44.7 Å². The number of piperazine rings is 1. The van der Waals surface area contributed by atoms with E-state index >= 15 is 0 Å². The minimum absolute atomic E-state index is 0.0568. The molecule has 24 heavy (non-hydrogen) atoms. The minimum atomic E-state index is -0.241. The summed E-state index contributed by atoms with van der Waals surface area (Å²) in [5, 5.41) is 0. The van der Waals surface area contributed by atoms with Gasteiger partial charge in [0.1, 0.15) is 5.82 Å². The largest absolute Gasteiger partial charge is 0.368 e. The van der Waals surface area contributed by atoms with Crippen molar-refractivity contribution in [3.63, 3.8) is 0 Å². The van der Waals surface area contributed by atoms with Crippen LogP contribution in [-0.4, -0.2) is 60.9 Å². The maximum Gasteiger partial charge on any atom is 0.223 e. The van der Waals surface area contributed by atoms with Crippen molar-refractivity contribution in [2.24, 2.45) is 0 Å². The van der Waals surface area contributed by atoms with Crippen LogP contribution in [0.5, 0.6) is 0 Å². The summed E-state index contributed by atoms with van der Waals surface area (Å²) >= 11 is 0. The standard InChI is InChI=1S/C18H24FN3O2/c19-15-3-5-16(6-4-15)20-11-13-22(14-12-20)18(24)8-7-17(23)21-9-1-2-10-21/h3-6H,1-2,7-14H2. The van der Waals surface area contributed by atoms with Gasteiger partial charge in [-0.05, 0) is 37.1 Å². The summed E-state index contributed by atoms with van der Waals surface area (Å²) in [6, 6.07) is 6.44. The number of amides is 2. The van der Waals surface area contributed by atoms with E-state index in [1.165, 1.54) is 12.1 Å². The molecule has 0 aliphatic carbocycles. The molecule has 2 aliphatic rings. The summed E-state index contributed by atoms with van der Waals surface area (Å²) in [7, 11) is 0. The second-order valence-corrected chi connectivity index (χ2v) is 6.43. The van der Waals surface area contributed by atoms with Gasteiger partial charge in [-0.1, -0.05) is 0 Å². The zero-order chi connectivity index (χ0) is 16.9. The molecule has 0 aromatic heterocycles. The van der Waals surface area contributed by atoms with Gasteiger partial charge < -0.3 is 14.7 Å². The van der Waals surface area contributed by atoms with Crippen LogP contribution in [0.3, 0.4) is 0 Å². The van der Waals surface area contributed by atoms with Crippen LogP contribution in [0.4, 0.5) is 10.1 Å². The van der Waals surface area contributed by atoms with Crippen molar-refractivity contribution in [2.45, 2.75) is 25.7 Å². The number of hydrogen-bond donors (Lipinski definition) is 0. The lowest BCUT2D eigenvalue weighted by Crippen LogP contribution is -2.49. The Hall–Kier alpha value is -2.11. The molecule has 130 valence electrons. The molecule has 2 heterocycles. The van der Waals surface area contributed by atoms with Crippen LogP contribution < -0.4 is 4.90 Å². The zero-order valence-electron chi connectivity index (χ0n) is 13.9. The number of nitrogens with zero attached hydrogens (tertiary/aromatic N) is 3. The summed E-state index contributed by atoms with van der Waals surface area (Å²) in [5.74, 6) is -0.0812. The lowest BCUT2D eigenvalue weighted by molar-refractivity contribution is -0.136. The number of hydrogen-bond acceptors (Lipinski definition) is 3. The summed E-state index contributed by atoms with van der Waals surface area (Å²) in [5.41, 5.74) is 0.979. The number of anilines is 1. The lowest BCUT2D eigenvalue weighted by Gasteiger charge is -2.36. The second kappa shape index (κ2) is 7.64. The molecule has 0 N–H and O–H groups in total. The molecule has 2 aliphatic heterocycles. The van der Waals surface area contributed by atoms with Gasteiger partial charge in [0, 0.05) is 57.8 Å². The third kappa shape index (κ3) is 4.04. The Morgan fingerprint density at radius 3 is 1.83 bits per heavy atom.